The van der Waals surface area contributed by atoms with E-state index in [0.717, 1.165) is 30.7 Å². The molecule has 2 aliphatic heterocycles. The summed E-state index contributed by atoms with van der Waals surface area (Å²) in [5.74, 6) is 0.0389. The fourth-order valence-electron chi connectivity index (χ4n) is 4.11. The van der Waals surface area contributed by atoms with Crippen molar-refractivity contribution in [2.75, 3.05) is 18.0 Å². The zero-order chi connectivity index (χ0) is 24.3. The number of nitrogens with one attached hydrogen (secondary N) is 1. The number of alkyl halides is 3. The van der Waals surface area contributed by atoms with Crippen LogP contribution in [0, 0.1) is 5.92 Å². The van der Waals surface area contributed by atoms with Crippen LogP contribution in [0.25, 0.3) is 0 Å². The second-order valence-electron chi connectivity index (χ2n) is 8.82. The smallest absolute Gasteiger partial charge is 0.374 e. The highest BCUT2D eigenvalue weighted by Gasteiger charge is 2.62. The van der Waals surface area contributed by atoms with Gasteiger partial charge in [0.2, 0.25) is 5.91 Å². The zero-order valence-corrected chi connectivity index (χ0v) is 19.9. The molecule has 5 rings (SSSR count). The highest BCUT2D eigenvalue weighted by Crippen LogP contribution is 2.50. The molecule has 2 aromatic rings. The van der Waals surface area contributed by atoms with Crippen molar-refractivity contribution < 1.29 is 22.8 Å². The van der Waals surface area contributed by atoms with Gasteiger partial charge in [-0.25, -0.2) is 0 Å². The van der Waals surface area contributed by atoms with Crippen molar-refractivity contribution in [3.63, 3.8) is 0 Å². The van der Waals surface area contributed by atoms with E-state index in [1.807, 2.05) is 4.90 Å². The molecule has 180 valence electrons. The number of oxime groups is 1. The van der Waals surface area contributed by atoms with Crippen LogP contribution >= 0.6 is 34.8 Å². The summed E-state index contributed by atoms with van der Waals surface area (Å²) in [6, 6.07) is 9.54. The molecule has 11 heteroatoms. The van der Waals surface area contributed by atoms with Gasteiger partial charge in [-0.15, -0.1) is 0 Å². The summed E-state index contributed by atoms with van der Waals surface area (Å²) < 4.78 is 42.6. The Kier molecular flexibility index (Phi) is 5.89. The average Bonchev–Trinajstić information content (AvgIpc) is 3.43. The van der Waals surface area contributed by atoms with Crippen LogP contribution in [0.4, 0.5) is 18.9 Å². The molecule has 1 N–H and O–H groups in total. The minimum atomic E-state index is -4.79. The minimum absolute atomic E-state index is 0.0302. The van der Waals surface area contributed by atoms with Gasteiger partial charge < -0.3 is 15.1 Å². The van der Waals surface area contributed by atoms with E-state index in [2.05, 4.69) is 10.5 Å². The largest absolute Gasteiger partial charge is 0.435 e. The monoisotopic (exact) mass is 531 g/mol. The molecule has 0 aromatic heterocycles. The van der Waals surface area contributed by atoms with Crippen LogP contribution < -0.4 is 10.2 Å². The van der Waals surface area contributed by atoms with Gasteiger partial charge in [-0.2, -0.15) is 13.2 Å². The van der Waals surface area contributed by atoms with Gasteiger partial charge in [-0.1, -0.05) is 52.1 Å². The lowest BCUT2D eigenvalue weighted by Crippen LogP contribution is -2.54. The van der Waals surface area contributed by atoms with Gasteiger partial charge in [-0.3, -0.25) is 4.79 Å². The molecule has 1 amide bonds. The van der Waals surface area contributed by atoms with Gasteiger partial charge in [0.25, 0.3) is 5.60 Å². The summed E-state index contributed by atoms with van der Waals surface area (Å²) in [7, 11) is 0. The highest BCUT2D eigenvalue weighted by molar-refractivity contribution is 6.48. The lowest BCUT2D eigenvalue weighted by Gasteiger charge is -2.40. The van der Waals surface area contributed by atoms with Crippen LogP contribution in [0.15, 0.2) is 41.6 Å². The van der Waals surface area contributed by atoms with Crippen molar-refractivity contribution in [2.24, 2.45) is 11.1 Å². The Labute approximate surface area is 208 Å². The maximum atomic E-state index is 14.2. The van der Waals surface area contributed by atoms with Gasteiger partial charge in [0.05, 0.1) is 26.7 Å². The molecule has 34 heavy (non-hydrogen) atoms. The molecule has 2 heterocycles. The zero-order valence-electron chi connectivity index (χ0n) is 17.6. The van der Waals surface area contributed by atoms with E-state index in [4.69, 9.17) is 39.6 Å². The lowest BCUT2D eigenvalue weighted by atomic mass is 9.86. The Morgan fingerprint density at radius 1 is 1.09 bits per heavy atom. The van der Waals surface area contributed by atoms with Crippen molar-refractivity contribution in [1.29, 1.82) is 0 Å². The fourth-order valence-corrected chi connectivity index (χ4v) is 4.71. The molecule has 5 nitrogen and oxygen atoms in total. The maximum Gasteiger partial charge on any atom is 0.435 e. The fraction of sp³-hybridized carbons (Fsp3) is 0.391. The summed E-state index contributed by atoms with van der Waals surface area (Å²) in [5.41, 5.74) is -1.46. The van der Waals surface area contributed by atoms with Crippen molar-refractivity contribution in [3.8, 4) is 0 Å². The minimum Gasteiger partial charge on any atom is -0.374 e. The van der Waals surface area contributed by atoms with E-state index < -0.39 is 18.2 Å². The highest BCUT2D eigenvalue weighted by atomic mass is 35.5. The van der Waals surface area contributed by atoms with E-state index in [1.165, 1.54) is 0 Å². The number of halogens is 6. The summed E-state index contributed by atoms with van der Waals surface area (Å²) in [5, 5.41) is 6.54. The van der Waals surface area contributed by atoms with Gasteiger partial charge in [0.1, 0.15) is 0 Å². The van der Waals surface area contributed by atoms with Crippen LogP contribution in [-0.4, -0.2) is 36.9 Å². The van der Waals surface area contributed by atoms with E-state index in [0.29, 0.717) is 24.7 Å². The molecule has 2 aromatic carbocycles. The maximum absolute atomic E-state index is 14.2. The Balaban J connectivity index is 1.30. The van der Waals surface area contributed by atoms with Gasteiger partial charge in [-0.05, 0) is 42.7 Å². The number of carbonyl (C=O) groups excluding carboxylic acids is 1. The SMILES string of the molecule is O=C(NC1CC1)C1CN(c2ccc(C3=NOC(c4cc(Cl)c(Cl)c(Cl)c4)(C(F)(F)F)C3)cc2)C1. The van der Waals surface area contributed by atoms with Crippen LogP contribution in [0.2, 0.25) is 15.1 Å². The van der Waals surface area contributed by atoms with Gasteiger partial charge >= 0.3 is 6.18 Å². The lowest BCUT2D eigenvalue weighted by molar-refractivity contribution is -0.275. The molecule has 1 unspecified atom stereocenters. The second-order valence-corrected chi connectivity index (χ2v) is 10.0. The predicted octanol–water partition coefficient (Wildman–Crippen LogP) is 5.94. The van der Waals surface area contributed by atoms with Crippen molar-refractivity contribution in [3.05, 3.63) is 62.6 Å². The summed E-state index contributed by atoms with van der Waals surface area (Å²) in [6.45, 7) is 1.22. The predicted molar refractivity (Wildman–Crippen MR) is 125 cm³/mol. The molecule has 1 aliphatic carbocycles. The molecule has 1 saturated heterocycles. The Morgan fingerprint density at radius 3 is 2.26 bits per heavy atom. The summed E-state index contributed by atoms with van der Waals surface area (Å²) >= 11 is 17.9. The molecule has 1 atom stereocenters. The third-order valence-electron chi connectivity index (χ3n) is 6.38. The number of benzene rings is 2. The van der Waals surface area contributed by atoms with E-state index in [-0.39, 0.29) is 38.2 Å². The van der Waals surface area contributed by atoms with Crippen molar-refractivity contribution in [2.45, 2.75) is 37.1 Å². The quantitative estimate of drug-likeness (QED) is 0.485. The number of nitrogens with zero attached hydrogens (tertiary/aromatic N) is 2. The van der Waals surface area contributed by atoms with Gasteiger partial charge in [0.15, 0.2) is 0 Å². The standard InChI is InChI=1S/C23H19Cl3F3N3O2/c24-17-7-14(8-18(25)20(17)26)22(23(27,28)29)9-19(31-34-22)12-1-5-16(6-2-12)32-10-13(11-32)21(33)30-15-3-4-15/h1-2,5-8,13,15H,3-4,9-11H2,(H,30,33). The van der Waals surface area contributed by atoms with Crippen LogP contribution in [0.5, 0.6) is 0 Å². The van der Waals surface area contributed by atoms with Crippen LogP contribution in [0.1, 0.15) is 30.4 Å². The Hall–Kier alpha value is -2.16. The number of hydrogen-bond donors (Lipinski definition) is 1. The summed E-state index contributed by atoms with van der Waals surface area (Å²) in [4.78, 5) is 19.2. The molecule has 0 radical (unpaired) electrons. The van der Waals surface area contributed by atoms with E-state index in [9.17, 15) is 18.0 Å². The average molecular weight is 533 g/mol. The van der Waals surface area contributed by atoms with Crippen molar-refractivity contribution >= 4 is 52.1 Å². The third kappa shape index (κ3) is 4.20. The first-order chi connectivity index (χ1) is 16.1. The Bertz CT molecular complexity index is 1140. The number of anilines is 1. The molecule has 1 saturated carbocycles. The molecular formula is C23H19Cl3F3N3O2. The number of hydrogen-bond acceptors (Lipinski definition) is 4. The number of amides is 1. The molecule has 2 fully saturated rings. The first kappa shape index (κ1) is 23.6. The van der Waals surface area contributed by atoms with Crippen LogP contribution in [0.3, 0.4) is 0 Å². The first-order valence-electron chi connectivity index (χ1n) is 10.7. The first-order valence-corrected chi connectivity index (χ1v) is 11.8. The molecule has 3 aliphatic rings. The molecule has 0 bridgehead atoms. The van der Waals surface area contributed by atoms with Crippen molar-refractivity contribution in [1.82, 2.24) is 5.32 Å². The molecule has 0 spiro atoms. The molecular weight excluding hydrogens is 514 g/mol. The van der Waals surface area contributed by atoms with Crippen LogP contribution in [-0.2, 0) is 15.2 Å². The third-order valence-corrected chi connectivity index (χ3v) is 7.57. The Morgan fingerprint density at radius 2 is 1.71 bits per heavy atom. The van der Waals surface area contributed by atoms with E-state index in [1.54, 1.807) is 24.3 Å². The van der Waals surface area contributed by atoms with Gasteiger partial charge in [0, 0.05) is 36.8 Å². The number of carbonyl (C=O) groups is 1. The number of rotatable bonds is 5. The summed E-state index contributed by atoms with van der Waals surface area (Å²) in [6.07, 6.45) is -3.24. The normalized spacial score (nSPS) is 22.8. The van der Waals surface area contributed by atoms with E-state index >= 15 is 0 Å². The topological polar surface area (TPSA) is 53.9 Å². The second kappa shape index (κ2) is 8.50.